The van der Waals surface area contributed by atoms with E-state index in [1.807, 2.05) is 0 Å². The molecule has 1 aromatic heterocycles. The van der Waals surface area contributed by atoms with Crippen LogP contribution in [0, 0.1) is 5.82 Å². The van der Waals surface area contributed by atoms with Crippen LogP contribution < -0.4 is 5.73 Å². The third-order valence-corrected chi connectivity index (χ3v) is 3.03. The van der Waals surface area contributed by atoms with E-state index >= 15 is 0 Å². The number of hydrogen-bond donors (Lipinski definition) is 1. The molecule has 0 saturated heterocycles. The van der Waals surface area contributed by atoms with Gasteiger partial charge in [-0.2, -0.15) is 5.10 Å². The van der Waals surface area contributed by atoms with Gasteiger partial charge in [0.1, 0.15) is 11.6 Å². The summed E-state index contributed by atoms with van der Waals surface area (Å²) in [5.74, 6) is -0.817. The van der Waals surface area contributed by atoms with E-state index in [0.29, 0.717) is 11.3 Å². The zero-order valence-electron chi connectivity index (χ0n) is 11.5. The smallest absolute Gasteiger partial charge is 0.358 e. The van der Waals surface area contributed by atoms with Crippen LogP contribution in [0.3, 0.4) is 0 Å². The number of nitrogens with zero attached hydrogens (tertiary/aromatic N) is 2. The van der Waals surface area contributed by atoms with E-state index in [9.17, 15) is 13.6 Å². The molecule has 1 heterocycles. The maximum atomic E-state index is 13.0. The molecule has 0 aliphatic heterocycles. The van der Waals surface area contributed by atoms with Crippen molar-refractivity contribution < 1.29 is 18.3 Å². The monoisotopic (exact) mass is 295 g/mol. The van der Waals surface area contributed by atoms with Crippen LogP contribution in [-0.4, -0.2) is 29.5 Å². The van der Waals surface area contributed by atoms with Crippen LogP contribution in [-0.2, 0) is 11.2 Å². The molecule has 0 fully saturated rings. The van der Waals surface area contributed by atoms with E-state index in [1.165, 1.54) is 36.1 Å². The lowest BCUT2D eigenvalue weighted by Gasteiger charge is -2.04. The molecule has 1 aromatic carbocycles. The Morgan fingerprint density at radius 2 is 2.05 bits per heavy atom. The van der Waals surface area contributed by atoms with Gasteiger partial charge in [0, 0.05) is 5.56 Å². The van der Waals surface area contributed by atoms with Crippen LogP contribution >= 0.6 is 0 Å². The van der Waals surface area contributed by atoms with Crippen molar-refractivity contribution >= 4 is 11.8 Å². The van der Waals surface area contributed by atoms with Gasteiger partial charge in [0.15, 0.2) is 5.69 Å². The third-order valence-electron chi connectivity index (χ3n) is 3.03. The quantitative estimate of drug-likeness (QED) is 0.859. The van der Waals surface area contributed by atoms with Gasteiger partial charge < -0.3 is 10.5 Å². The van der Waals surface area contributed by atoms with E-state index in [0.717, 1.165) is 0 Å². The molecule has 21 heavy (non-hydrogen) atoms. The summed E-state index contributed by atoms with van der Waals surface area (Å²) in [6.45, 7) is -0.526. The zero-order chi connectivity index (χ0) is 15.4. The number of benzene rings is 1. The molecule has 0 aliphatic rings. The topological polar surface area (TPSA) is 70.1 Å². The summed E-state index contributed by atoms with van der Waals surface area (Å²) in [6.07, 6.45) is 0.497. The lowest BCUT2D eigenvalue weighted by molar-refractivity contribution is 0.0592. The van der Waals surface area contributed by atoms with Crippen molar-refractivity contribution in [2.75, 3.05) is 19.5 Å². The number of aromatic nitrogens is 2. The van der Waals surface area contributed by atoms with Crippen molar-refractivity contribution in [3.8, 4) is 5.69 Å². The Hall–Kier alpha value is -2.44. The number of ether oxygens (including phenoxy) is 1. The van der Waals surface area contributed by atoms with Gasteiger partial charge in [-0.05, 0) is 37.1 Å². The number of nitrogen functional groups attached to an aromatic ring is 1. The molecular weight excluding hydrogens is 280 g/mol. The van der Waals surface area contributed by atoms with Crippen molar-refractivity contribution in [1.82, 2.24) is 9.78 Å². The molecule has 0 aliphatic carbocycles. The maximum absolute atomic E-state index is 13.0. The molecule has 2 rings (SSSR count). The molecule has 0 radical (unpaired) electrons. The fourth-order valence-corrected chi connectivity index (χ4v) is 1.99. The Labute approximate surface area is 120 Å². The van der Waals surface area contributed by atoms with Crippen molar-refractivity contribution in [2.45, 2.75) is 12.8 Å². The fraction of sp³-hybridized carbons (Fsp3) is 0.286. The molecule has 0 atom stereocenters. The Kier molecular flexibility index (Phi) is 4.52. The highest BCUT2D eigenvalue weighted by molar-refractivity contribution is 5.90. The largest absolute Gasteiger partial charge is 0.464 e. The highest BCUT2D eigenvalue weighted by Gasteiger charge is 2.22. The van der Waals surface area contributed by atoms with Crippen molar-refractivity contribution in [2.24, 2.45) is 0 Å². The number of carbonyl (C=O) groups is 1. The van der Waals surface area contributed by atoms with Crippen LogP contribution in [0.25, 0.3) is 5.69 Å². The fourth-order valence-electron chi connectivity index (χ4n) is 1.99. The van der Waals surface area contributed by atoms with E-state index in [4.69, 9.17) is 5.73 Å². The number of nitrogens with two attached hydrogens (primary N) is 1. The van der Waals surface area contributed by atoms with E-state index in [2.05, 4.69) is 9.84 Å². The number of anilines is 1. The second-order valence-corrected chi connectivity index (χ2v) is 4.38. The number of alkyl halides is 1. The summed E-state index contributed by atoms with van der Waals surface area (Å²) in [4.78, 5) is 11.7. The van der Waals surface area contributed by atoms with Crippen molar-refractivity contribution in [1.29, 1.82) is 0 Å². The normalized spacial score (nSPS) is 10.6. The first-order chi connectivity index (χ1) is 10.1. The summed E-state index contributed by atoms with van der Waals surface area (Å²) in [7, 11) is 1.23. The number of carbonyl (C=O) groups excluding carboxylic acids is 1. The second kappa shape index (κ2) is 6.34. The van der Waals surface area contributed by atoms with Gasteiger partial charge in [-0.3, -0.25) is 4.39 Å². The summed E-state index contributed by atoms with van der Waals surface area (Å²) in [5.41, 5.74) is 6.97. The number of rotatable bonds is 5. The standard InChI is InChI=1S/C14H15F2N3O2/c1-21-14(20)12-11(3-2-8-15)13(17)19(18-12)10-6-4-9(16)5-7-10/h4-7H,2-3,8,17H2,1H3. The summed E-state index contributed by atoms with van der Waals surface area (Å²) < 4.78 is 31.3. The number of esters is 1. The zero-order valence-corrected chi connectivity index (χ0v) is 11.5. The van der Waals surface area contributed by atoms with Crippen molar-refractivity contribution in [3.63, 3.8) is 0 Å². The highest BCUT2D eigenvalue weighted by atomic mass is 19.1. The Morgan fingerprint density at radius 3 is 2.62 bits per heavy atom. The SMILES string of the molecule is COC(=O)c1nn(-c2ccc(F)cc2)c(N)c1CCCF. The van der Waals surface area contributed by atoms with Gasteiger partial charge in [-0.1, -0.05) is 0 Å². The molecule has 0 spiro atoms. The van der Waals surface area contributed by atoms with Crippen LogP contribution in [0.1, 0.15) is 22.5 Å². The molecule has 0 saturated carbocycles. The predicted octanol–water partition coefficient (Wildman–Crippen LogP) is 2.28. The predicted molar refractivity (Wildman–Crippen MR) is 73.6 cm³/mol. The Balaban J connectivity index is 2.49. The Morgan fingerprint density at radius 1 is 1.38 bits per heavy atom. The molecule has 0 unspecified atom stereocenters. The molecule has 2 aromatic rings. The van der Waals surface area contributed by atoms with Crippen LogP contribution in [0.15, 0.2) is 24.3 Å². The Bertz CT molecular complexity index is 638. The molecule has 0 bridgehead atoms. The van der Waals surface area contributed by atoms with Gasteiger partial charge in [-0.15, -0.1) is 0 Å². The molecule has 112 valence electrons. The van der Waals surface area contributed by atoms with Gasteiger partial charge in [0.05, 0.1) is 19.5 Å². The van der Waals surface area contributed by atoms with Crippen LogP contribution in [0.5, 0.6) is 0 Å². The second-order valence-electron chi connectivity index (χ2n) is 4.38. The maximum Gasteiger partial charge on any atom is 0.358 e. The van der Waals surface area contributed by atoms with Gasteiger partial charge >= 0.3 is 5.97 Å². The summed E-state index contributed by atoms with van der Waals surface area (Å²) >= 11 is 0. The number of methoxy groups -OCH3 is 1. The van der Waals surface area contributed by atoms with E-state index < -0.39 is 18.5 Å². The van der Waals surface area contributed by atoms with Gasteiger partial charge in [0.25, 0.3) is 0 Å². The van der Waals surface area contributed by atoms with Crippen LogP contribution in [0.4, 0.5) is 14.6 Å². The third kappa shape index (κ3) is 3.01. The molecular formula is C14H15F2N3O2. The van der Waals surface area contributed by atoms with E-state index in [-0.39, 0.29) is 24.4 Å². The average molecular weight is 295 g/mol. The van der Waals surface area contributed by atoms with E-state index in [1.54, 1.807) is 0 Å². The summed E-state index contributed by atoms with van der Waals surface area (Å²) in [5, 5.41) is 4.11. The lowest BCUT2D eigenvalue weighted by atomic mass is 10.1. The minimum atomic E-state index is -0.642. The van der Waals surface area contributed by atoms with Gasteiger partial charge in [0.2, 0.25) is 0 Å². The van der Waals surface area contributed by atoms with Crippen LogP contribution in [0.2, 0.25) is 0 Å². The minimum absolute atomic E-state index is 0.0489. The average Bonchev–Trinajstić information content (AvgIpc) is 2.82. The molecule has 2 N–H and O–H groups in total. The number of hydrogen-bond acceptors (Lipinski definition) is 4. The molecule has 7 heteroatoms. The first-order valence-corrected chi connectivity index (χ1v) is 6.36. The molecule has 5 nitrogen and oxygen atoms in total. The summed E-state index contributed by atoms with van der Waals surface area (Å²) in [6, 6.07) is 5.49. The lowest BCUT2D eigenvalue weighted by Crippen LogP contribution is -2.06. The van der Waals surface area contributed by atoms with Crippen molar-refractivity contribution in [3.05, 3.63) is 41.3 Å². The first kappa shape index (κ1) is 15.0. The minimum Gasteiger partial charge on any atom is -0.464 e. The number of halogens is 2. The molecule has 0 amide bonds. The van der Waals surface area contributed by atoms with Gasteiger partial charge in [-0.25, -0.2) is 13.9 Å². The highest BCUT2D eigenvalue weighted by Crippen LogP contribution is 2.23. The first-order valence-electron chi connectivity index (χ1n) is 6.36.